The van der Waals surface area contributed by atoms with Crippen LogP contribution >= 0.6 is 27.6 Å². The Morgan fingerprint density at radius 2 is 1.50 bits per heavy atom. The van der Waals surface area contributed by atoms with Crippen LogP contribution in [0.1, 0.15) is 76.7 Å². The molecule has 1 unspecified atom stereocenters. The van der Waals surface area contributed by atoms with E-state index in [2.05, 4.69) is 12.3 Å². The van der Waals surface area contributed by atoms with Crippen LogP contribution in [0.4, 0.5) is 0 Å². The quantitative estimate of drug-likeness (QED) is 0.167. The Morgan fingerprint density at radius 3 is 2.00 bits per heavy atom. The van der Waals surface area contributed by atoms with Crippen LogP contribution in [0.3, 0.4) is 0 Å². The second kappa shape index (κ2) is 19.0. The van der Waals surface area contributed by atoms with Crippen LogP contribution in [0.15, 0.2) is 35.9 Å². The zero-order valence-corrected chi connectivity index (χ0v) is 24.3. The summed E-state index contributed by atoms with van der Waals surface area (Å²) in [4.78, 5) is 0. The molecule has 0 spiro atoms. The van der Waals surface area contributed by atoms with Gasteiger partial charge in [0, 0.05) is 22.2 Å². The zero-order valence-electron chi connectivity index (χ0n) is 18.0. The van der Waals surface area contributed by atoms with Gasteiger partial charge in [0.1, 0.15) is 0 Å². The van der Waals surface area contributed by atoms with E-state index in [1.807, 2.05) is 30.3 Å². The molecule has 3 nitrogen and oxygen atoms in total. The Bertz CT molecular complexity index is 665. The number of benzene rings is 1. The summed E-state index contributed by atoms with van der Waals surface area (Å²) in [5.41, 5.74) is 1.69. The predicted octanol–water partition coefficient (Wildman–Crippen LogP) is 7.31. The van der Waals surface area contributed by atoms with Gasteiger partial charge in [-0.2, -0.15) is 0 Å². The standard InChI is InChI=1S/C22H35O3S.3ClH.Ta/c1-3-4-5-6-7-8-9-13-16-21(19-26(2,24)25)22(23)18-17-20-14-11-10-12-15-20;;;;/h10-12,14-15,22-23H,3-9,13,16-18H2,1-2H3;3*1H;/q-1;;;;+3/p-3. The van der Waals surface area contributed by atoms with Crippen LogP contribution in [0, 0.1) is 5.41 Å². The summed E-state index contributed by atoms with van der Waals surface area (Å²) in [7, 11) is 11.7. The van der Waals surface area contributed by atoms with E-state index in [-0.39, 0.29) is 0 Å². The minimum absolute atomic E-state index is 0.527. The molecule has 1 aromatic carbocycles. The van der Waals surface area contributed by atoms with E-state index in [0.29, 0.717) is 18.4 Å². The average molecular weight is 667 g/mol. The van der Waals surface area contributed by atoms with Crippen molar-refractivity contribution in [2.24, 2.45) is 0 Å². The Hall–Kier alpha value is 0.480. The van der Waals surface area contributed by atoms with E-state index in [9.17, 15) is 13.5 Å². The van der Waals surface area contributed by atoms with Crippen LogP contribution in [-0.4, -0.2) is 25.9 Å². The molecule has 0 aromatic heterocycles. The van der Waals surface area contributed by atoms with Gasteiger partial charge in [0.05, 0.1) is 0 Å². The Labute approximate surface area is 201 Å². The second-order valence-corrected chi connectivity index (χ2v) is 23.0. The van der Waals surface area contributed by atoms with E-state index in [4.69, 9.17) is 27.6 Å². The molecule has 0 saturated carbocycles. The molecule has 1 atom stereocenters. The van der Waals surface area contributed by atoms with Crippen LogP contribution in [0.5, 0.6) is 0 Å². The molecule has 0 heterocycles. The Balaban J connectivity index is 0.00000192. The van der Waals surface area contributed by atoms with E-state index in [1.54, 1.807) is 0 Å². The molecule has 1 rings (SSSR count). The molecule has 0 fully saturated rings. The molecule has 0 aliphatic carbocycles. The van der Waals surface area contributed by atoms with Crippen molar-refractivity contribution in [1.82, 2.24) is 0 Å². The average Bonchev–Trinajstić information content (AvgIpc) is 2.66. The summed E-state index contributed by atoms with van der Waals surface area (Å²) in [5, 5.41) is 13.0. The number of sulfone groups is 1. The number of hydrogen-bond acceptors (Lipinski definition) is 3. The van der Waals surface area contributed by atoms with Gasteiger partial charge in [-0.15, -0.1) is 0 Å². The first-order valence-corrected chi connectivity index (χ1v) is 24.3. The topological polar surface area (TPSA) is 54.4 Å². The SMILES string of the molecule is CCCCCCCCCCC(=[C-]S(C)(=O)=O)C(O)CCc1ccccc1.[Cl][Ta]([Cl])[Cl]. The first-order chi connectivity index (χ1) is 14.2. The molecule has 0 radical (unpaired) electrons. The molecular formula is C22H35Cl3O3STa-. The number of aryl methyl sites for hydroxylation is 1. The van der Waals surface area contributed by atoms with E-state index < -0.39 is 31.1 Å². The van der Waals surface area contributed by atoms with Gasteiger partial charge in [0.2, 0.25) is 0 Å². The Kier molecular flexibility index (Phi) is 19.3. The van der Waals surface area contributed by atoms with Crippen molar-refractivity contribution in [1.29, 1.82) is 0 Å². The van der Waals surface area contributed by atoms with Crippen LogP contribution in [-0.2, 0) is 31.5 Å². The van der Waals surface area contributed by atoms with E-state index in [0.717, 1.165) is 31.1 Å². The predicted molar refractivity (Wildman–Crippen MR) is 127 cm³/mol. The fourth-order valence-corrected chi connectivity index (χ4v) is 3.81. The van der Waals surface area contributed by atoms with Crippen molar-refractivity contribution in [2.45, 2.75) is 83.7 Å². The molecule has 0 saturated heterocycles. The molecule has 8 heteroatoms. The third kappa shape index (κ3) is 20.4. The van der Waals surface area contributed by atoms with Crippen molar-refractivity contribution in [2.75, 3.05) is 6.26 Å². The number of hydrogen-bond donors (Lipinski definition) is 1. The van der Waals surface area contributed by atoms with Crippen molar-refractivity contribution in [3.8, 4) is 0 Å². The summed E-state index contributed by atoms with van der Waals surface area (Å²) in [6.07, 6.45) is 11.8. The third-order valence-corrected chi connectivity index (χ3v) is 5.20. The van der Waals surface area contributed by atoms with Gasteiger partial charge >= 0.3 is 42.8 Å². The normalized spacial score (nSPS) is 13.1. The summed E-state index contributed by atoms with van der Waals surface area (Å²) in [6, 6.07) is 9.96. The van der Waals surface area contributed by atoms with Crippen molar-refractivity contribution < 1.29 is 28.7 Å². The second-order valence-electron chi connectivity index (χ2n) is 7.36. The molecule has 1 aromatic rings. The molecule has 0 aliphatic rings. The molecule has 0 bridgehead atoms. The van der Waals surface area contributed by atoms with Gasteiger partial charge in [-0.05, 0) is 18.4 Å². The number of unbranched alkanes of at least 4 members (excludes halogenated alkanes) is 7. The summed E-state index contributed by atoms with van der Waals surface area (Å²) in [6.45, 7) is 2.22. The maximum absolute atomic E-state index is 11.6. The number of aliphatic hydroxyl groups is 1. The summed E-state index contributed by atoms with van der Waals surface area (Å²) in [5.74, 6) is 0. The number of halogens is 3. The van der Waals surface area contributed by atoms with Gasteiger partial charge in [-0.25, -0.2) is 5.57 Å². The molecule has 30 heavy (non-hydrogen) atoms. The monoisotopic (exact) mass is 665 g/mol. The fraction of sp³-hybridized carbons (Fsp3) is 0.636. The first kappa shape index (κ1) is 30.5. The molecule has 0 aliphatic heterocycles. The summed E-state index contributed by atoms with van der Waals surface area (Å²) >= 11 is -2.18. The van der Waals surface area contributed by atoms with Gasteiger partial charge in [-0.3, -0.25) is 8.42 Å². The number of aliphatic hydroxyl groups excluding tert-OH is 1. The van der Waals surface area contributed by atoms with Crippen molar-refractivity contribution >= 4 is 37.4 Å². The minimum atomic E-state index is -3.36. The van der Waals surface area contributed by atoms with Gasteiger partial charge in [0.25, 0.3) is 0 Å². The summed E-state index contributed by atoms with van der Waals surface area (Å²) < 4.78 is 23.2. The van der Waals surface area contributed by atoms with Crippen molar-refractivity contribution in [3.63, 3.8) is 0 Å². The zero-order chi connectivity index (χ0) is 22.8. The van der Waals surface area contributed by atoms with Crippen LogP contribution in [0.25, 0.3) is 0 Å². The molecular weight excluding hydrogens is 632 g/mol. The fourth-order valence-electron chi connectivity index (χ4n) is 3.10. The van der Waals surface area contributed by atoms with E-state index in [1.165, 1.54) is 38.5 Å². The van der Waals surface area contributed by atoms with Crippen LogP contribution < -0.4 is 0 Å². The van der Waals surface area contributed by atoms with Crippen molar-refractivity contribution in [3.05, 3.63) is 46.9 Å². The van der Waals surface area contributed by atoms with Crippen LogP contribution in [0.2, 0.25) is 0 Å². The molecule has 0 amide bonds. The molecule has 1 N–H and O–H groups in total. The van der Waals surface area contributed by atoms with Gasteiger partial charge in [0.15, 0.2) is 0 Å². The Morgan fingerprint density at radius 1 is 1.00 bits per heavy atom. The first-order valence-electron chi connectivity index (χ1n) is 10.5. The molecule has 174 valence electrons. The maximum atomic E-state index is 11.6. The third-order valence-electron chi connectivity index (χ3n) is 4.57. The van der Waals surface area contributed by atoms with E-state index >= 15 is 0 Å². The van der Waals surface area contributed by atoms with Gasteiger partial charge in [-0.1, -0.05) is 95.0 Å². The van der Waals surface area contributed by atoms with Gasteiger partial charge < -0.3 is 10.5 Å². The number of rotatable bonds is 14.